The molecule has 8 nitrogen and oxygen atoms in total. The van der Waals surface area contributed by atoms with Crippen LogP contribution in [0.5, 0.6) is 5.75 Å². The van der Waals surface area contributed by atoms with Crippen molar-refractivity contribution in [2.75, 3.05) is 53.3 Å². The number of carbonyl (C=O) groups excluding carboxylic acids is 1. The number of benzene rings is 2. The molecule has 2 aromatic heterocycles. The van der Waals surface area contributed by atoms with Gasteiger partial charge in [0.2, 0.25) is 5.91 Å². The number of hydrogen-bond donors (Lipinski definition) is 0. The summed E-state index contributed by atoms with van der Waals surface area (Å²) >= 11 is 1.43. The summed E-state index contributed by atoms with van der Waals surface area (Å²) < 4.78 is 43.9. The maximum Gasteiger partial charge on any atom is 0.246 e. The van der Waals surface area contributed by atoms with E-state index in [1.165, 1.54) is 42.1 Å². The molecule has 2 aliphatic heterocycles. The number of thioether (sulfide) groups is 1. The van der Waals surface area contributed by atoms with Gasteiger partial charge in [0, 0.05) is 60.5 Å². The zero-order valence-electron chi connectivity index (χ0n) is 28.4. The van der Waals surface area contributed by atoms with E-state index < -0.39 is 11.6 Å². The Morgan fingerprint density at radius 3 is 2.51 bits per heavy atom. The van der Waals surface area contributed by atoms with Crippen molar-refractivity contribution in [2.24, 2.45) is 0 Å². The van der Waals surface area contributed by atoms with E-state index in [2.05, 4.69) is 43.3 Å². The third kappa shape index (κ3) is 6.67. The Morgan fingerprint density at radius 1 is 1.02 bits per heavy atom. The van der Waals surface area contributed by atoms with Gasteiger partial charge in [-0.05, 0) is 62.4 Å². The van der Waals surface area contributed by atoms with Crippen LogP contribution in [0.2, 0.25) is 0 Å². The van der Waals surface area contributed by atoms with Gasteiger partial charge < -0.3 is 19.3 Å². The van der Waals surface area contributed by atoms with Crippen LogP contribution in [0.15, 0.2) is 60.5 Å². The fourth-order valence-electron chi connectivity index (χ4n) is 6.78. The first-order valence-electron chi connectivity index (χ1n) is 16.4. The molecular formula is C38H41F2N5O3S. The molecule has 49 heavy (non-hydrogen) atoms. The number of amides is 1. The van der Waals surface area contributed by atoms with Gasteiger partial charge >= 0.3 is 0 Å². The highest BCUT2D eigenvalue weighted by molar-refractivity contribution is 7.98. The quantitative estimate of drug-likeness (QED) is 0.101. The molecule has 1 amide bonds. The van der Waals surface area contributed by atoms with E-state index in [9.17, 15) is 9.18 Å². The highest BCUT2D eigenvalue weighted by atomic mass is 32.2. The van der Waals surface area contributed by atoms with Crippen LogP contribution in [0.4, 0.5) is 8.78 Å². The van der Waals surface area contributed by atoms with Crippen molar-refractivity contribution in [1.29, 1.82) is 0 Å². The first-order chi connectivity index (χ1) is 23.7. The Hall–Kier alpha value is -4.32. The van der Waals surface area contributed by atoms with Gasteiger partial charge in [-0.1, -0.05) is 31.4 Å². The Bertz CT molecular complexity index is 1930. The van der Waals surface area contributed by atoms with Gasteiger partial charge in [0.1, 0.15) is 35.4 Å². The fraction of sp³-hybridized carbons (Fsp3) is 0.342. The zero-order chi connectivity index (χ0) is 34.8. The highest BCUT2D eigenvalue weighted by Crippen LogP contribution is 2.48. The smallest absolute Gasteiger partial charge is 0.246 e. The van der Waals surface area contributed by atoms with Crippen molar-refractivity contribution in [3.8, 4) is 39.5 Å². The minimum Gasteiger partial charge on any atom is -0.490 e. The second-order valence-electron chi connectivity index (χ2n) is 12.3. The molecule has 0 radical (unpaired) electrons. The Kier molecular flexibility index (Phi) is 10.3. The van der Waals surface area contributed by atoms with Gasteiger partial charge in [-0.3, -0.25) is 9.48 Å². The van der Waals surface area contributed by atoms with E-state index in [4.69, 9.17) is 19.6 Å². The number of halogens is 2. The fourth-order valence-corrected chi connectivity index (χ4v) is 7.58. The summed E-state index contributed by atoms with van der Waals surface area (Å²) in [6, 6.07) is 10.1. The Balaban J connectivity index is 1.63. The van der Waals surface area contributed by atoms with Gasteiger partial charge in [-0.15, -0.1) is 11.8 Å². The van der Waals surface area contributed by atoms with Gasteiger partial charge in [0.05, 0.1) is 36.1 Å². The first-order valence-corrected chi connectivity index (χ1v) is 17.6. The summed E-state index contributed by atoms with van der Waals surface area (Å²) in [5, 5.41) is 4.98. The van der Waals surface area contributed by atoms with E-state index >= 15 is 4.39 Å². The van der Waals surface area contributed by atoms with Crippen LogP contribution in [0.1, 0.15) is 35.3 Å². The predicted octanol–water partition coefficient (Wildman–Crippen LogP) is 7.07. The van der Waals surface area contributed by atoms with Crippen molar-refractivity contribution in [3.05, 3.63) is 89.7 Å². The van der Waals surface area contributed by atoms with Crippen LogP contribution in [-0.4, -0.2) is 83.7 Å². The minimum absolute atomic E-state index is 0.0323. The van der Waals surface area contributed by atoms with Crippen molar-refractivity contribution in [2.45, 2.75) is 37.2 Å². The van der Waals surface area contributed by atoms with Crippen LogP contribution < -0.4 is 4.74 Å². The molecule has 11 heteroatoms. The second kappa shape index (κ2) is 14.7. The van der Waals surface area contributed by atoms with Crippen LogP contribution in [0.25, 0.3) is 39.8 Å². The monoisotopic (exact) mass is 685 g/mol. The normalized spacial score (nSPS) is 16.1. The van der Waals surface area contributed by atoms with Gasteiger partial charge in [0.25, 0.3) is 0 Å². The minimum atomic E-state index is -0.789. The van der Waals surface area contributed by atoms with Crippen LogP contribution >= 0.6 is 11.8 Å². The van der Waals surface area contributed by atoms with Crippen LogP contribution in [0.3, 0.4) is 0 Å². The maximum atomic E-state index is 16.2. The number of aromatic nitrogens is 3. The lowest BCUT2D eigenvalue weighted by Crippen LogP contribution is -2.40. The molecule has 0 N–H and O–H groups in total. The number of methoxy groups -OCH3 is 1. The SMILES string of the molecule is C=CC(=O)N1CCn2nc(-c3nc(-c4ccc5c(c4)CCN(C)CC5)c(C=C)c(SC)c3-c3c(F)cc(F)cc3OCCOC)cc2[C@H]1C. The summed E-state index contributed by atoms with van der Waals surface area (Å²) in [5.41, 5.74) is 7.14. The average molecular weight is 686 g/mol. The van der Waals surface area contributed by atoms with E-state index in [1.807, 2.05) is 23.9 Å². The van der Waals surface area contributed by atoms with E-state index in [1.54, 1.807) is 11.0 Å². The lowest BCUT2D eigenvalue weighted by atomic mass is 9.93. The number of fused-ring (bicyclic) bond motifs is 2. The molecule has 1 atom stereocenters. The number of hydrogen-bond acceptors (Lipinski definition) is 7. The van der Waals surface area contributed by atoms with E-state index in [0.29, 0.717) is 40.6 Å². The molecule has 0 unspecified atom stereocenters. The largest absolute Gasteiger partial charge is 0.490 e. The topological polar surface area (TPSA) is 72.7 Å². The molecule has 0 spiro atoms. The molecule has 6 rings (SSSR count). The lowest BCUT2D eigenvalue weighted by molar-refractivity contribution is -0.129. The van der Waals surface area contributed by atoms with Crippen molar-refractivity contribution < 1.29 is 23.0 Å². The van der Waals surface area contributed by atoms with Crippen molar-refractivity contribution >= 4 is 23.7 Å². The second-order valence-corrected chi connectivity index (χ2v) is 13.1. The van der Waals surface area contributed by atoms with Crippen molar-refractivity contribution in [1.82, 2.24) is 24.6 Å². The lowest BCUT2D eigenvalue weighted by Gasteiger charge is -2.33. The first kappa shape index (κ1) is 34.5. The summed E-state index contributed by atoms with van der Waals surface area (Å²) in [7, 11) is 3.67. The standard InChI is InChI=1S/C38H41F2N5O3S/c1-7-28-36(26-10-9-24-11-13-43(4)14-12-25(24)19-26)41-37(30-22-31-23(3)44(33(46)8-2)15-16-45(31)42-30)35(38(28)49-6)34-29(40)20-27(39)21-32(34)48-18-17-47-5/h7-10,19-23H,1-2,11-18H2,3-6H3/t23-/m1/s1. The molecule has 2 aromatic carbocycles. The summed E-state index contributed by atoms with van der Waals surface area (Å²) in [6.45, 7) is 13.0. The number of likely N-dealkylation sites (N-methyl/N-ethyl adjacent to an activating group) is 1. The Labute approximate surface area is 290 Å². The molecule has 4 heterocycles. The van der Waals surface area contributed by atoms with E-state index in [-0.39, 0.29) is 36.5 Å². The molecule has 0 saturated carbocycles. The molecule has 256 valence electrons. The van der Waals surface area contributed by atoms with Gasteiger partial charge in [0.15, 0.2) is 0 Å². The van der Waals surface area contributed by atoms with Crippen LogP contribution in [-0.2, 0) is 28.9 Å². The summed E-state index contributed by atoms with van der Waals surface area (Å²) in [6.07, 6.45) is 6.85. The van der Waals surface area contributed by atoms with Gasteiger partial charge in [-0.2, -0.15) is 5.10 Å². The molecule has 0 fully saturated rings. The summed E-state index contributed by atoms with van der Waals surface area (Å²) in [4.78, 5) is 22.7. The molecule has 2 aliphatic rings. The number of nitrogens with zero attached hydrogens (tertiary/aromatic N) is 5. The molecule has 0 aliphatic carbocycles. The third-order valence-corrected chi connectivity index (χ3v) is 10.2. The molecular weight excluding hydrogens is 645 g/mol. The predicted molar refractivity (Wildman–Crippen MR) is 191 cm³/mol. The molecule has 0 saturated heterocycles. The van der Waals surface area contributed by atoms with Crippen molar-refractivity contribution in [3.63, 3.8) is 0 Å². The van der Waals surface area contributed by atoms with E-state index in [0.717, 1.165) is 48.8 Å². The number of pyridine rings is 1. The maximum absolute atomic E-state index is 16.2. The Morgan fingerprint density at radius 2 is 1.80 bits per heavy atom. The third-order valence-electron chi connectivity index (χ3n) is 9.37. The molecule has 4 aromatic rings. The number of carbonyl (C=O) groups is 1. The number of ether oxygens (including phenoxy) is 2. The molecule has 0 bridgehead atoms. The average Bonchev–Trinajstić information content (AvgIpc) is 3.45. The highest BCUT2D eigenvalue weighted by Gasteiger charge is 2.32. The van der Waals surface area contributed by atoms with Gasteiger partial charge in [-0.25, -0.2) is 13.8 Å². The number of rotatable bonds is 10. The summed E-state index contributed by atoms with van der Waals surface area (Å²) in [5.74, 6) is -1.68. The zero-order valence-corrected chi connectivity index (χ0v) is 29.2. The van der Waals surface area contributed by atoms with Crippen LogP contribution in [0, 0.1) is 11.6 Å².